The molecule has 1 atom stereocenters. The largest absolute Gasteiger partial charge is 0.388 e. The van der Waals surface area contributed by atoms with Crippen LogP contribution in [0.25, 0.3) is 0 Å². The number of hydrogen-bond acceptors (Lipinski definition) is 5. The van der Waals surface area contributed by atoms with Gasteiger partial charge < -0.3 is 5.11 Å². The predicted octanol–water partition coefficient (Wildman–Crippen LogP) is 3.44. The van der Waals surface area contributed by atoms with E-state index in [9.17, 15) is 5.11 Å². The fourth-order valence-corrected chi connectivity index (χ4v) is 3.04. The molecule has 0 bridgehead atoms. The summed E-state index contributed by atoms with van der Waals surface area (Å²) in [6.45, 7) is 3.86. The molecule has 17 heavy (non-hydrogen) atoms. The maximum atomic E-state index is 9.69. The number of aromatic nitrogens is 2. The highest BCUT2D eigenvalue weighted by Gasteiger charge is 2.06. The van der Waals surface area contributed by atoms with Crippen LogP contribution >= 0.6 is 23.3 Å². The zero-order chi connectivity index (χ0) is 12.3. The van der Waals surface area contributed by atoms with Crippen molar-refractivity contribution in [2.45, 2.75) is 35.6 Å². The van der Waals surface area contributed by atoms with Gasteiger partial charge in [0.05, 0.1) is 6.10 Å². The minimum atomic E-state index is -0.363. The van der Waals surface area contributed by atoms with Crippen LogP contribution in [0.5, 0.6) is 0 Å². The molecule has 1 aromatic heterocycles. The van der Waals surface area contributed by atoms with E-state index in [-0.39, 0.29) is 6.10 Å². The van der Waals surface area contributed by atoms with Gasteiger partial charge in [-0.2, -0.15) is 4.37 Å². The standard InChI is InChI=1S/C12H14N2OS2/c1-3-11(15)9-4-6-10(7-5-9)16-12-13-8(2)14-17-12/h4-7,11,15H,3H2,1-2H3/t11-/m1/s1. The molecule has 2 rings (SSSR count). The van der Waals surface area contributed by atoms with Gasteiger partial charge in [0.2, 0.25) is 0 Å². The average Bonchev–Trinajstić information content (AvgIpc) is 2.75. The molecule has 0 spiro atoms. The SMILES string of the molecule is CC[C@@H](O)c1ccc(Sc2nc(C)ns2)cc1. The molecule has 0 saturated carbocycles. The van der Waals surface area contributed by atoms with Crippen LogP contribution in [0.4, 0.5) is 0 Å². The molecule has 1 aromatic carbocycles. The summed E-state index contributed by atoms with van der Waals surface area (Å²) in [5.41, 5.74) is 0.963. The third kappa shape index (κ3) is 3.28. The first-order valence-electron chi connectivity index (χ1n) is 5.45. The molecular formula is C12H14N2OS2. The minimum Gasteiger partial charge on any atom is -0.388 e. The first-order chi connectivity index (χ1) is 8.19. The topological polar surface area (TPSA) is 46.0 Å². The number of hydrogen-bond donors (Lipinski definition) is 1. The van der Waals surface area contributed by atoms with Gasteiger partial charge >= 0.3 is 0 Å². The molecule has 0 amide bonds. The highest BCUT2D eigenvalue weighted by atomic mass is 32.2. The van der Waals surface area contributed by atoms with E-state index in [1.807, 2.05) is 38.1 Å². The number of aliphatic hydroxyl groups excluding tert-OH is 1. The summed E-state index contributed by atoms with van der Waals surface area (Å²) >= 11 is 3.01. The molecule has 0 saturated heterocycles. The summed E-state index contributed by atoms with van der Waals surface area (Å²) in [4.78, 5) is 5.42. The molecule has 1 N–H and O–H groups in total. The van der Waals surface area contributed by atoms with Crippen molar-refractivity contribution in [1.82, 2.24) is 9.36 Å². The van der Waals surface area contributed by atoms with Crippen LogP contribution in [0, 0.1) is 6.92 Å². The predicted molar refractivity (Wildman–Crippen MR) is 70.5 cm³/mol. The molecule has 0 unspecified atom stereocenters. The van der Waals surface area contributed by atoms with Gasteiger partial charge in [-0.3, -0.25) is 0 Å². The van der Waals surface area contributed by atoms with Crippen molar-refractivity contribution >= 4 is 23.3 Å². The quantitative estimate of drug-likeness (QED) is 0.920. The van der Waals surface area contributed by atoms with Gasteiger partial charge in [-0.1, -0.05) is 30.8 Å². The maximum Gasteiger partial charge on any atom is 0.174 e. The van der Waals surface area contributed by atoms with Crippen LogP contribution < -0.4 is 0 Å². The van der Waals surface area contributed by atoms with Gasteiger partial charge in [0.25, 0.3) is 0 Å². The van der Waals surface area contributed by atoms with Gasteiger partial charge in [0.15, 0.2) is 4.34 Å². The molecular weight excluding hydrogens is 252 g/mol. The molecule has 0 aliphatic carbocycles. The third-order valence-corrected chi connectivity index (χ3v) is 4.22. The fourth-order valence-electron chi connectivity index (χ4n) is 1.41. The number of aliphatic hydroxyl groups is 1. The minimum absolute atomic E-state index is 0.363. The Morgan fingerprint density at radius 1 is 1.35 bits per heavy atom. The molecule has 0 aliphatic heterocycles. The van der Waals surface area contributed by atoms with Crippen molar-refractivity contribution in [3.63, 3.8) is 0 Å². The molecule has 0 aliphatic rings. The lowest BCUT2D eigenvalue weighted by molar-refractivity contribution is 0.173. The van der Waals surface area contributed by atoms with Gasteiger partial charge in [-0.15, -0.1) is 0 Å². The Balaban J connectivity index is 2.08. The second-order valence-corrected chi connectivity index (χ2v) is 5.78. The monoisotopic (exact) mass is 266 g/mol. The Labute approximate surface area is 109 Å². The zero-order valence-corrected chi connectivity index (χ0v) is 11.4. The van der Waals surface area contributed by atoms with Crippen molar-refractivity contribution in [1.29, 1.82) is 0 Å². The van der Waals surface area contributed by atoms with Crippen LogP contribution in [0.2, 0.25) is 0 Å². The van der Waals surface area contributed by atoms with Gasteiger partial charge in [-0.25, -0.2) is 4.98 Å². The first-order valence-corrected chi connectivity index (χ1v) is 7.04. The van der Waals surface area contributed by atoms with Crippen LogP contribution in [0.15, 0.2) is 33.5 Å². The highest BCUT2D eigenvalue weighted by Crippen LogP contribution is 2.29. The van der Waals surface area contributed by atoms with Crippen molar-refractivity contribution in [3.05, 3.63) is 35.7 Å². The first kappa shape index (κ1) is 12.5. The zero-order valence-electron chi connectivity index (χ0n) is 9.75. The van der Waals surface area contributed by atoms with Crippen LogP contribution in [0.1, 0.15) is 30.8 Å². The van der Waals surface area contributed by atoms with Gasteiger partial charge in [0.1, 0.15) is 5.82 Å². The van der Waals surface area contributed by atoms with Gasteiger partial charge in [-0.05, 0) is 42.6 Å². The number of benzene rings is 1. The van der Waals surface area contributed by atoms with E-state index in [0.29, 0.717) is 0 Å². The van der Waals surface area contributed by atoms with E-state index < -0.39 is 0 Å². The normalized spacial score (nSPS) is 12.6. The van der Waals surface area contributed by atoms with Crippen molar-refractivity contribution < 1.29 is 5.11 Å². The molecule has 3 nitrogen and oxygen atoms in total. The second-order valence-electron chi connectivity index (χ2n) is 3.70. The lowest BCUT2D eigenvalue weighted by Crippen LogP contribution is -1.93. The van der Waals surface area contributed by atoms with Crippen LogP contribution in [0.3, 0.4) is 0 Å². The average molecular weight is 266 g/mol. The van der Waals surface area contributed by atoms with E-state index in [2.05, 4.69) is 9.36 Å². The molecule has 90 valence electrons. The molecule has 5 heteroatoms. The molecule has 0 fully saturated rings. The lowest BCUT2D eigenvalue weighted by atomic mass is 10.1. The second kappa shape index (κ2) is 5.62. The summed E-state index contributed by atoms with van der Waals surface area (Å²) in [5.74, 6) is 0.815. The molecule has 2 aromatic rings. The van der Waals surface area contributed by atoms with Crippen molar-refractivity contribution in [2.75, 3.05) is 0 Å². The summed E-state index contributed by atoms with van der Waals surface area (Å²) in [6, 6.07) is 7.94. The van der Waals surface area contributed by atoms with Crippen LogP contribution in [-0.4, -0.2) is 14.5 Å². The van der Waals surface area contributed by atoms with E-state index in [0.717, 1.165) is 27.0 Å². The Kier molecular flexibility index (Phi) is 4.15. The third-order valence-electron chi connectivity index (χ3n) is 2.37. The Bertz CT molecular complexity index is 482. The number of rotatable bonds is 4. The Morgan fingerprint density at radius 3 is 2.59 bits per heavy atom. The summed E-state index contributed by atoms with van der Waals surface area (Å²) in [7, 11) is 0. The van der Waals surface area contributed by atoms with E-state index in [1.54, 1.807) is 11.8 Å². The Morgan fingerprint density at radius 2 is 2.06 bits per heavy atom. The Hall–Kier alpha value is -0.910. The van der Waals surface area contributed by atoms with E-state index in [1.165, 1.54) is 11.5 Å². The van der Waals surface area contributed by atoms with Crippen molar-refractivity contribution in [3.8, 4) is 0 Å². The maximum absolute atomic E-state index is 9.69. The van der Waals surface area contributed by atoms with Crippen LogP contribution in [-0.2, 0) is 0 Å². The van der Waals surface area contributed by atoms with E-state index >= 15 is 0 Å². The fraction of sp³-hybridized carbons (Fsp3) is 0.333. The highest BCUT2D eigenvalue weighted by molar-refractivity contribution is 8.01. The number of nitrogens with zero attached hydrogens (tertiary/aromatic N) is 2. The lowest BCUT2D eigenvalue weighted by Gasteiger charge is -2.07. The van der Waals surface area contributed by atoms with E-state index in [4.69, 9.17) is 0 Å². The van der Waals surface area contributed by atoms with Gasteiger partial charge in [0, 0.05) is 4.90 Å². The summed E-state index contributed by atoms with van der Waals surface area (Å²) in [5, 5.41) is 9.69. The molecule has 1 heterocycles. The number of aryl methyl sites for hydroxylation is 1. The molecule has 0 radical (unpaired) electrons. The smallest absolute Gasteiger partial charge is 0.174 e. The summed E-state index contributed by atoms with van der Waals surface area (Å²) < 4.78 is 5.09. The summed E-state index contributed by atoms with van der Waals surface area (Å²) in [6.07, 6.45) is 0.375. The van der Waals surface area contributed by atoms with Crippen molar-refractivity contribution in [2.24, 2.45) is 0 Å².